The van der Waals surface area contributed by atoms with Gasteiger partial charge in [0, 0.05) is 31.0 Å². The zero-order valence-electron chi connectivity index (χ0n) is 12.1. The van der Waals surface area contributed by atoms with E-state index in [0.29, 0.717) is 30.2 Å². The average molecular weight is 288 g/mol. The zero-order chi connectivity index (χ0) is 15.1. The molecular weight excluding hydrogens is 268 g/mol. The van der Waals surface area contributed by atoms with Crippen molar-refractivity contribution < 1.29 is 9.53 Å². The molecule has 0 saturated carbocycles. The predicted octanol–water partition coefficient (Wildman–Crippen LogP) is 1.75. The van der Waals surface area contributed by atoms with Gasteiger partial charge in [0.2, 0.25) is 0 Å². The predicted molar refractivity (Wildman–Crippen MR) is 81.3 cm³/mol. The highest BCUT2D eigenvalue weighted by molar-refractivity contribution is 6.01. The first-order valence-corrected chi connectivity index (χ1v) is 7.00. The number of carbonyl (C=O) groups is 1. The molecule has 0 radical (unpaired) electrons. The van der Waals surface area contributed by atoms with Gasteiger partial charge < -0.3 is 20.8 Å². The summed E-state index contributed by atoms with van der Waals surface area (Å²) in [6, 6.07) is 5.21. The number of amides is 1. The molecular formula is C15H20N4O2. The monoisotopic (exact) mass is 288 g/mol. The van der Waals surface area contributed by atoms with Crippen LogP contribution in [-0.2, 0) is 6.42 Å². The highest BCUT2D eigenvalue weighted by atomic mass is 16.5. The Kier molecular flexibility index (Phi) is 5.20. The number of hydrogen-bond acceptors (Lipinski definition) is 4. The van der Waals surface area contributed by atoms with Gasteiger partial charge in [-0.25, -0.2) is 4.98 Å². The molecule has 0 unspecified atom stereocenters. The Morgan fingerprint density at radius 3 is 3.05 bits per heavy atom. The molecule has 2 rings (SSSR count). The second-order valence-corrected chi connectivity index (χ2v) is 4.55. The van der Waals surface area contributed by atoms with Crippen molar-refractivity contribution in [3.63, 3.8) is 0 Å². The number of nitrogens with one attached hydrogen (secondary N) is 2. The number of imidazole rings is 1. The van der Waals surface area contributed by atoms with Crippen LogP contribution in [0.3, 0.4) is 0 Å². The number of aromatic amines is 1. The Bertz CT molecular complexity index is 581. The van der Waals surface area contributed by atoms with E-state index in [1.165, 1.54) is 0 Å². The van der Waals surface area contributed by atoms with E-state index < -0.39 is 0 Å². The lowest BCUT2D eigenvalue weighted by Gasteiger charge is -2.12. The van der Waals surface area contributed by atoms with E-state index in [4.69, 9.17) is 10.5 Å². The van der Waals surface area contributed by atoms with E-state index >= 15 is 0 Å². The van der Waals surface area contributed by atoms with Crippen LogP contribution in [0.4, 0.5) is 5.69 Å². The van der Waals surface area contributed by atoms with Crippen LogP contribution in [-0.4, -0.2) is 29.0 Å². The van der Waals surface area contributed by atoms with Gasteiger partial charge >= 0.3 is 0 Å². The van der Waals surface area contributed by atoms with E-state index in [0.717, 1.165) is 18.7 Å². The molecule has 6 nitrogen and oxygen atoms in total. The molecule has 0 saturated heterocycles. The first kappa shape index (κ1) is 14.9. The van der Waals surface area contributed by atoms with Gasteiger partial charge in [0.25, 0.3) is 5.91 Å². The number of nitrogens with zero attached hydrogens (tertiary/aromatic N) is 1. The fourth-order valence-corrected chi connectivity index (χ4v) is 2.05. The van der Waals surface area contributed by atoms with Gasteiger partial charge in [-0.3, -0.25) is 4.79 Å². The summed E-state index contributed by atoms with van der Waals surface area (Å²) in [4.78, 5) is 19.4. The molecule has 112 valence electrons. The number of nitrogen functional groups attached to an aromatic ring is 1. The van der Waals surface area contributed by atoms with Crippen LogP contribution in [0, 0.1) is 0 Å². The standard InChI is InChI=1S/C15H20N4O2/c1-2-21-12-6-3-5-11(16)14(12)15(20)19-8-4-7-13-17-9-10-18-13/h3,5-6,9-10H,2,4,7-8,16H2,1H3,(H,17,18)(H,19,20). The van der Waals surface area contributed by atoms with Crippen molar-refractivity contribution in [3.05, 3.63) is 42.0 Å². The number of benzene rings is 1. The molecule has 1 heterocycles. The summed E-state index contributed by atoms with van der Waals surface area (Å²) in [5.74, 6) is 1.22. The summed E-state index contributed by atoms with van der Waals surface area (Å²) in [5, 5.41) is 2.86. The van der Waals surface area contributed by atoms with Crippen LogP contribution in [0.25, 0.3) is 0 Å². The number of ether oxygens (including phenoxy) is 1. The molecule has 0 aliphatic rings. The smallest absolute Gasteiger partial charge is 0.257 e. The fourth-order valence-electron chi connectivity index (χ4n) is 2.05. The maximum atomic E-state index is 12.2. The lowest BCUT2D eigenvalue weighted by molar-refractivity contribution is 0.0950. The summed E-state index contributed by atoms with van der Waals surface area (Å²) in [5.41, 5.74) is 6.70. The van der Waals surface area contributed by atoms with E-state index in [1.807, 2.05) is 6.92 Å². The molecule has 4 N–H and O–H groups in total. The third kappa shape index (κ3) is 3.98. The summed E-state index contributed by atoms with van der Waals surface area (Å²) < 4.78 is 5.45. The van der Waals surface area contributed by atoms with Crippen LogP contribution < -0.4 is 15.8 Å². The quantitative estimate of drug-likeness (QED) is 0.534. The number of nitrogens with two attached hydrogens (primary N) is 1. The van der Waals surface area contributed by atoms with E-state index in [1.54, 1.807) is 30.6 Å². The van der Waals surface area contributed by atoms with Gasteiger partial charge in [-0.2, -0.15) is 0 Å². The van der Waals surface area contributed by atoms with Crippen molar-refractivity contribution in [2.75, 3.05) is 18.9 Å². The second kappa shape index (κ2) is 7.33. The Labute approximate surface area is 123 Å². The number of aryl methyl sites for hydroxylation is 1. The van der Waals surface area contributed by atoms with Crippen molar-refractivity contribution in [1.29, 1.82) is 0 Å². The zero-order valence-corrected chi connectivity index (χ0v) is 12.1. The summed E-state index contributed by atoms with van der Waals surface area (Å²) in [6.45, 7) is 2.91. The highest BCUT2D eigenvalue weighted by Crippen LogP contribution is 2.24. The molecule has 1 aromatic heterocycles. The second-order valence-electron chi connectivity index (χ2n) is 4.55. The van der Waals surface area contributed by atoms with Gasteiger partial charge in [-0.05, 0) is 25.5 Å². The SMILES string of the molecule is CCOc1cccc(N)c1C(=O)NCCCc1ncc[nH]1. The molecule has 0 aliphatic heterocycles. The van der Waals surface area contributed by atoms with Crippen LogP contribution in [0.15, 0.2) is 30.6 Å². The third-order valence-electron chi connectivity index (χ3n) is 3.02. The Hall–Kier alpha value is -2.50. The fraction of sp³-hybridized carbons (Fsp3) is 0.333. The number of carbonyl (C=O) groups excluding carboxylic acids is 1. The minimum absolute atomic E-state index is 0.212. The van der Waals surface area contributed by atoms with Crippen molar-refractivity contribution in [3.8, 4) is 5.75 Å². The number of rotatable bonds is 7. The molecule has 0 atom stereocenters. The van der Waals surface area contributed by atoms with Gasteiger partial charge in [0.15, 0.2) is 0 Å². The van der Waals surface area contributed by atoms with E-state index in [9.17, 15) is 4.79 Å². The maximum Gasteiger partial charge on any atom is 0.257 e. The molecule has 1 aromatic carbocycles. The Balaban J connectivity index is 1.90. The normalized spacial score (nSPS) is 10.3. The minimum Gasteiger partial charge on any atom is -0.493 e. The highest BCUT2D eigenvalue weighted by Gasteiger charge is 2.15. The van der Waals surface area contributed by atoms with Gasteiger partial charge in [-0.1, -0.05) is 6.07 Å². The molecule has 0 aliphatic carbocycles. The lowest BCUT2D eigenvalue weighted by Crippen LogP contribution is -2.26. The number of H-pyrrole nitrogens is 1. The summed E-state index contributed by atoms with van der Waals surface area (Å²) >= 11 is 0. The van der Waals surface area contributed by atoms with Crippen LogP contribution >= 0.6 is 0 Å². The first-order chi connectivity index (χ1) is 10.2. The molecule has 6 heteroatoms. The molecule has 0 bridgehead atoms. The summed E-state index contributed by atoms with van der Waals surface area (Å²) in [7, 11) is 0. The topological polar surface area (TPSA) is 93.0 Å². The van der Waals surface area contributed by atoms with Crippen LogP contribution in [0.2, 0.25) is 0 Å². The molecule has 2 aromatic rings. The van der Waals surface area contributed by atoms with Crippen molar-refractivity contribution in [2.24, 2.45) is 0 Å². The Morgan fingerprint density at radius 1 is 1.48 bits per heavy atom. The van der Waals surface area contributed by atoms with Crippen molar-refractivity contribution in [1.82, 2.24) is 15.3 Å². The molecule has 0 spiro atoms. The lowest BCUT2D eigenvalue weighted by atomic mass is 10.1. The van der Waals surface area contributed by atoms with E-state index in [-0.39, 0.29) is 5.91 Å². The van der Waals surface area contributed by atoms with Gasteiger partial charge in [0.1, 0.15) is 17.1 Å². The van der Waals surface area contributed by atoms with Gasteiger partial charge in [-0.15, -0.1) is 0 Å². The summed E-state index contributed by atoms with van der Waals surface area (Å²) in [6.07, 6.45) is 5.09. The number of aromatic nitrogens is 2. The maximum absolute atomic E-state index is 12.2. The molecule has 21 heavy (non-hydrogen) atoms. The average Bonchev–Trinajstić information content (AvgIpc) is 2.97. The van der Waals surface area contributed by atoms with E-state index in [2.05, 4.69) is 15.3 Å². The number of hydrogen-bond donors (Lipinski definition) is 3. The minimum atomic E-state index is -0.212. The van der Waals surface area contributed by atoms with Crippen LogP contribution in [0.5, 0.6) is 5.75 Å². The number of anilines is 1. The third-order valence-corrected chi connectivity index (χ3v) is 3.02. The van der Waals surface area contributed by atoms with Crippen molar-refractivity contribution >= 4 is 11.6 Å². The molecule has 1 amide bonds. The van der Waals surface area contributed by atoms with Crippen LogP contribution in [0.1, 0.15) is 29.5 Å². The van der Waals surface area contributed by atoms with Gasteiger partial charge in [0.05, 0.1) is 6.61 Å². The molecule has 0 fully saturated rings. The first-order valence-electron chi connectivity index (χ1n) is 7.00. The Morgan fingerprint density at radius 2 is 2.33 bits per heavy atom. The van der Waals surface area contributed by atoms with Crippen molar-refractivity contribution in [2.45, 2.75) is 19.8 Å². The largest absolute Gasteiger partial charge is 0.493 e.